The van der Waals surface area contributed by atoms with Crippen molar-refractivity contribution in [2.75, 3.05) is 6.54 Å². The maximum Gasteiger partial charge on any atom is 0.234 e. The molecule has 2 atom stereocenters. The number of amides is 1. The van der Waals surface area contributed by atoms with Gasteiger partial charge in [-0.25, -0.2) is 0 Å². The van der Waals surface area contributed by atoms with Crippen LogP contribution in [0.4, 0.5) is 0 Å². The largest absolute Gasteiger partial charge is 0.353 e. The first-order valence-electron chi connectivity index (χ1n) is 5.98. The summed E-state index contributed by atoms with van der Waals surface area (Å²) in [6.07, 6.45) is 3.36. The van der Waals surface area contributed by atoms with E-state index < -0.39 is 0 Å². The molecule has 3 nitrogen and oxygen atoms in total. The summed E-state index contributed by atoms with van der Waals surface area (Å²) < 4.78 is 0. The lowest BCUT2D eigenvalue weighted by molar-refractivity contribution is -0.120. The quantitative estimate of drug-likeness (QED) is 0.703. The van der Waals surface area contributed by atoms with Gasteiger partial charge in [-0.15, -0.1) is 0 Å². The first-order chi connectivity index (χ1) is 6.95. The number of hydrogen-bond donors (Lipinski definition) is 2. The van der Waals surface area contributed by atoms with Crippen molar-refractivity contribution >= 4 is 5.91 Å². The standard InChI is InChI=1S/C12H24N2O/c1-5-6-9(2)14-11(15)8-13-10-7-12(10,3)4/h9-10,13H,5-8H2,1-4H3,(H,14,15). The van der Waals surface area contributed by atoms with Gasteiger partial charge in [0.25, 0.3) is 0 Å². The highest BCUT2D eigenvalue weighted by Crippen LogP contribution is 2.44. The Morgan fingerprint density at radius 1 is 1.53 bits per heavy atom. The third-order valence-corrected chi connectivity index (χ3v) is 3.15. The fourth-order valence-corrected chi connectivity index (χ4v) is 1.86. The molecule has 0 aliphatic heterocycles. The molecule has 3 heteroatoms. The van der Waals surface area contributed by atoms with Gasteiger partial charge >= 0.3 is 0 Å². The monoisotopic (exact) mass is 212 g/mol. The van der Waals surface area contributed by atoms with E-state index in [2.05, 4.69) is 38.3 Å². The molecule has 0 bridgehead atoms. The van der Waals surface area contributed by atoms with Gasteiger partial charge in [0.05, 0.1) is 6.54 Å². The van der Waals surface area contributed by atoms with E-state index in [9.17, 15) is 4.79 Å². The molecule has 0 heterocycles. The van der Waals surface area contributed by atoms with Gasteiger partial charge in [0.15, 0.2) is 0 Å². The molecule has 1 rings (SSSR count). The predicted octanol–water partition coefficient (Wildman–Crippen LogP) is 1.68. The smallest absolute Gasteiger partial charge is 0.234 e. The number of hydrogen-bond acceptors (Lipinski definition) is 2. The highest BCUT2D eigenvalue weighted by Gasteiger charge is 2.45. The van der Waals surface area contributed by atoms with Crippen molar-refractivity contribution < 1.29 is 4.79 Å². The van der Waals surface area contributed by atoms with Crippen LogP contribution in [0.15, 0.2) is 0 Å². The number of rotatable bonds is 6. The second-order valence-electron chi connectivity index (χ2n) is 5.38. The van der Waals surface area contributed by atoms with Crippen LogP contribution in [0.1, 0.15) is 47.0 Å². The van der Waals surface area contributed by atoms with Gasteiger partial charge in [0.1, 0.15) is 0 Å². The summed E-state index contributed by atoms with van der Waals surface area (Å²) in [7, 11) is 0. The molecule has 1 aliphatic carbocycles. The molecular weight excluding hydrogens is 188 g/mol. The second kappa shape index (κ2) is 4.97. The van der Waals surface area contributed by atoms with Gasteiger partial charge in [-0.2, -0.15) is 0 Å². The van der Waals surface area contributed by atoms with E-state index in [1.165, 1.54) is 6.42 Å². The molecular formula is C12H24N2O. The number of nitrogens with one attached hydrogen (secondary N) is 2. The molecule has 1 saturated carbocycles. The third-order valence-electron chi connectivity index (χ3n) is 3.15. The van der Waals surface area contributed by atoms with Crippen LogP contribution in [0.3, 0.4) is 0 Å². The zero-order chi connectivity index (χ0) is 11.5. The van der Waals surface area contributed by atoms with Crippen LogP contribution < -0.4 is 10.6 Å². The first-order valence-corrected chi connectivity index (χ1v) is 5.98. The van der Waals surface area contributed by atoms with Crippen LogP contribution in [-0.2, 0) is 4.79 Å². The lowest BCUT2D eigenvalue weighted by atomic mass is 10.2. The fraction of sp³-hybridized carbons (Fsp3) is 0.917. The Labute approximate surface area is 93.0 Å². The van der Waals surface area contributed by atoms with Crippen molar-refractivity contribution in [1.29, 1.82) is 0 Å². The molecule has 2 unspecified atom stereocenters. The minimum Gasteiger partial charge on any atom is -0.353 e. The van der Waals surface area contributed by atoms with Crippen LogP contribution in [0.2, 0.25) is 0 Å². The Morgan fingerprint density at radius 3 is 2.60 bits per heavy atom. The number of carbonyl (C=O) groups excluding carboxylic acids is 1. The van der Waals surface area contributed by atoms with E-state index in [0.29, 0.717) is 24.0 Å². The molecule has 1 fully saturated rings. The van der Waals surface area contributed by atoms with Crippen molar-refractivity contribution in [3.63, 3.8) is 0 Å². The van der Waals surface area contributed by atoms with Crippen LogP contribution >= 0.6 is 0 Å². The summed E-state index contributed by atoms with van der Waals surface area (Å²) in [6.45, 7) is 9.10. The van der Waals surface area contributed by atoms with Crippen molar-refractivity contribution in [3.8, 4) is 0 Å². The Hall–Kier alpha value is -0.570. The van der Waals surface area contributed by atoms with Crippen molar-refractivity contribution in [3.05, 3.63) is 0 Å². The summed E-state index contributed by atoms with van der Waals surface area (Å²) in [4.78, 5) is 11.5. The summed E-state index contributed by atoms with van der Waals surface area (Å²) in [6, 6.07) is 0.834. The van der Waals surface area contributed by atoms with E-state index in [0.717, 1.165) is 12.8 Å². The van der Waals surface area contributed by atoms with E-state index in [1.807, 2.05) is 0 Å². The average molecular weight is 212 g/mol. The molecule has 0 aromatic heterocycles. The molecule has 88 valence electrons. The zero-order valence-electron chi connectivity index (χ0n) is 10.4. The maximum atomic E-state index is 11.5. The van der Waals surface area contributed by atoms with Crippen LogP contribution in [0, 0.1) is 5.41 Å². The van der Waals surface area contributed by atoms with E-state index in [4.69, 9.17) is 0 Å². The normalized spacial score (nSPS) is 24.7. The van der Waals surface area contributed by atoms with E-state index >= 15 is 0 Å². The fourth-order valence-electron chi connectivity index (χ4n) is 1.86. The second-order valence-corrected chi connectivity index (χ2v) is 5.38. The lowest BCUT2D eigenvalue weighted by Crippen LogP contribution is -2.40. The highest BCUT2D eigenvalue weighted by atomic mass is 16.1. The van der Waals surface area contributed by atoms with Gasteiger partial charge < -0.3 is 10.6 Å². The minimum absolute atomic E-state index is 0.124. The SMILES string of the molecule is CCCC(C)NC(=O)CNC1CC1(C)C. The third kappa shape index (κ3) is 4.20. The first kappa shape index (κ1) is 12.5. The minimum atomic E-state index is 0.124. The molecule has 0 spiro atoms. The van der Waals surface area contributed by atoms with Crippen molar-refractivity contribution in [2.24, 2.45) is 5.41 Å². The van der Waals surface area contributed by atoms with Gasteiger partial charge in [-0.05, 0) is 25.2 Å². The Bertz CT molecular complexity index is 226. The Morgan fingerprint density at radius 2 is 2.13 bits per heavy atom. The summed E-state index contributed by atoms with van der Waals surface area (Å²) in [5, 5.41) is 6.27. The van der Waals surface area contributed by atoms with Crippen molar-refractivity contribution in [1.82, 2.24) is 10.6 Å². The van der Waals surface area contributed by atoms with Gasteiger partial charge in [0.2, 0.25) is 5.91 Å². The molecule has 0 radical (unpaired) electrons. The molecule has 1 aliphatic rings. The average Bonchev–Trinajstić information content (AvgIpc) is 2.71. The number of carbonyl (C=O) groups is 1. The lowest BCUT2D eigenvalue weighted by Gasteiger charge is -2.13. The topological polar surface area (TPSA) is 41.1 Å². The van der Waals surface area contributed by atoms with Crippen molar-refractivity contribution in [2.45, 2.75) is 59.0 Å². The van der Waals surface area contributed by atoms with Crippen LogP contribution in [0.25, 0.3) is 0 Å². The Kier molecular flexibility index (Phi) is 4.14. The molecule has 0 aromatic rings. The van der Waals surface area contributed by atoms with Gasteiger partial charge in [0, 0.05) is 12.1 Å². The van der Waals surface area contributed by atoms with Crippen LogP contribution in [-0.4, -0.2) is 24.5 Å². The summed E-state index contributed by atoms with van der Waals surface area (Å²) in [5.41, 5.74) is 0.398. The van der Waals surface area contributed by atoms with Crippen LogP contribution in [0.5, 0.6) is 0 Å². The zero-order valence-corrected chi connectivity index (χ0v) is 10.4. The molecule has 2 N–H and O–H groups in total. The summed E-state index contributed by atoms with van der Waals surface area (Å²) in [5.74, 6) is 0.124. The predicted molar refractivity (Wildman–Crippen MR) is 62.7 cm³/mol. The summed E-state index contributed by atoms with van der Waals surface area (Å²) >= 11 is 0. The van der Waals surface area contributed by atoms with E-state index in [-0.39, 0.29) is 5.91 Å². The highest BCUT2D eigenvalue weighted by molar-refractivity contribution is 5.78. The van der Waals surface area contributed by atoms with E-state index in [1.54, 1.807) is 0 Å². The Balaban J connectivity index is 2.09. The maximum absolute atomic E-state index is 11.5. The molecule has 0 aromatic carbocycles. The van der Waals surface area contributed by atoms with Gasteiger partial charge in [-0.1, -0.05) is 27.2 Å². The molecule has 1 amide bonds. The van der Waals surface area contributed by atoms with Gasteiger partial charge in [-0.3, -0.25) is 4.79 Å². The molecule has 15 heavy (non-hydrogen) atoms. The molecule has 0 saturated heterocycles.